The average Bonchev–Trinajstić information content (AvgIpc) is 3.15. The predicted molar refractivity (Wildman–Crippen MR) is 116 cm³/mol. The van der Waals surface area contributed by atoms with Gasteiger partial charge in [0.25, 0.3) is 0 Å². The molecule has 0 bridgehead atoms. The van der Waals surface area contributed by atoms with Gasteiger partial charge in [-0.25, -0.2) is 9.97 Å². The minimum Gasteiger partial charge on any atom is -0.497 e. The first-order valence-electron chi connectivity index (χ1n) is 9.43. The van der Waals surface area contributed by atoms with Crippen LogP contribution >= 0.6 is 11.8 Å². The van der Waals surface area contributed by atoms with Crippen LogP contribution in [0.2, 0.25) is 0 Å². The molecule has 0 radical (unpaired) electrons. The summed E-state index contributed by atoms with van der Waals surface area (Å²) in [5.74, 6) is 0.839. The number of thioether (sulfide) groups is 1. The molecule has 0 N–H and O–H groups in total. The van der Waals surface area contributed by atoms with E-state index in [1.54, 1.807) is 13.4 Å². The molecule has 0 unspecified atom stereocenters. The van der Waals surface area contributed by atoms with Gasteiger partial charge in [-0.1, -0.05) is 44.2 Å². The Kier molecular flexibility index (Phi) is 5.35. The Morgan fingerprint density at radius 2 is 1.79 bits per heavy atom. The lowest BCUT2D eigenvalue weighted by Crippen LogP contribution is -1.97. The summed E-state index contributed by atoms with van der Waals surface area (Å²) in [5, 5.41) is 2.63. The highest BCUT2D eigenvalue weighted by Gasteiger charge is 2.18. The van der Waals surface area contributed by atoms with Crippen LogP contribution in [0.15, 0.2) is 72.1 Å². The van der Waals surface area contributed by atoms with Gasteiger partial charge in [0, 0.05) is 22.7 Å². The molecule has 28 heavy (non-hydrogen) atoms. The molecule has 5 heteroatoms. The molecule has 0 saturated heterocycles. The van der Waals surface area contributed by atoms with Crippen LogP contribution in [-0.2, 0) is 0 Å². The van der Waals surface area contributed by atoms with Gasteiger partial charge < -0.3 is 9.30 Å². The van der Waals surface area contributed by atoms with Gasteiger partial charge in [0.05, 0.1) is 12.5 Å². The smallest absolute Gasteiger partial charge is 0.149 e. The van der Waals surface area contributed by atoms with E-state index >= 15 is 0 Å². The maximum absolute atomic E-state index is 5.30. The predicted octanol–water partition coefficient (Wildman–Crippen LogP) is 5.99. The van der Waals surface area contributed by atoms with Crippen LogP contribution in [0.4, 0.5) is 0 Å². The summed E-state index contributed by atoms with van der Waals surface area (Å²) in [4.78, 5) is 9.28. The molecule has 4 nitrogen and oxygen atoms in total. The summed E-state index contributed by atoms with van der Waals surface area (Å²) in [6.45, 7) is 4.44. The zero-order valence-corrected chi connectivity index (χ0v) is 17.1. The standard InChI is InChI=1S/C23H23N3OS/c1-4-16(2)28-23-21-20(17-8-6-5-7-9-17)14-26(22(21)24-15-25-23)18-10-12-19(27-3)13-11-18/h5-16H,4H2,1-3H3/t16-/m0/s1. The number of hydrogen-bond acceptors (Lipinski definition) is 4. The molecule has 0 spiro atoms. The van der Waals surface area contributed by atoms with E-state index in [0.717, 1.165) is 39.5 Å². The number of hydrogen-bond donors (Lipinski definition) is 0. The first-order valence-corrected chi connectivity index (χ1v) is 10.3. The Hall–Kier alpha value is -2.79. The molecule has 0 fully saturated rings. The van der Waals surface area contributed by atoms with Gasteiger partial charge >= 0.3 is 0 Å². The van der Waals surface area contributed by atoms with Gasteiger partial charge in [0.1, 0.15) is 22.7 Å². The van der Waals surface area contributed by atoms with Gasteiger partial charge in [-0.2, -0.15) is 0 Å². The van der Waals surface area contributed by atoms with Crippen molar-refractivity contribution >= 4 is 22.8 Å². The van der Waals surface area contributed by atoms with E-state index in [-0.39, 0.29) is 0 Å². The molecular weight excluding hydrogens is 366 g/mol. The number of ether oxygens (including phenoxy) is 1. The summed E-state index contributed by atoms with van der Waals surface area (Å²) in [7, 11) is 1.68. The molecule has 0 amide bonds. The third kappa shape index (κ3) is 3.50. The van der Waals surface area contributed by atoms with E-state index in [1.165, 1.54) is 5.56 Å². The molecule has 1 atom stereocenters. The van der Waals surface area contributed by atoms with E-state index in [2.05, 4.69) is 71.0 Å². The van der Waals surface area contributed by atoms with Crippen LogP contribution in [0.3, 0.4) is 0 Å². The van der Waals surface area contributed by atoms with Gasteiger partial charge in [0.2, 0.25) is 0 Å². The number of methoxy groups -OCH3 is 1. The third-order valence-corrected chi connectivity index (χ3v) is 6.14. The highest BCUT2D eigenvalue weighted by Crippen LogP contribution is 2.38. The molecule has 2 heterocycles. The minimum atomic E-state index is 0.492. The Bertz CT molecular complexity index is 1070. The second-order valence-electron chi connectivity index (χ2n) is 6.69. The SMILES string of the molecule is CC[C@H](C)Sc1ncnc2c1c(-c1ccccc1)cn2-c1ccc(OC)cc1. The first kappa shape index (κ1) is 18.6. The number of aromatic nitrogens is 3. The molecule has 0 aliphatic heterocycles. The summed E-state index contributed by atoms with van der Waals surface area (Å²) in [6, 6.07) is 18.5. The minimum absolute atomic E-state index is 0.492. The van der Waals surface area contributed by atoms with E-state index in [9.17, 15) is 0 Å². The highest BCUT2D eigenvalue weighted by atomic mass is 32.2. The quantitative estimate of drug-likeness (QED) is 0.300. The van der Waals surface area contributed by atoms with E-state index in [4.69, 9.17) is 4.74 Å². The fourth-order valence-corrected chi connectivity index (χ4v) is 4.15. The van der Waals surface area contributed by atoms with E-state index < -0.39 is 0 Å². The van der Waals surface area contributed by atoms with Crippen molar-refractivity contribution in [1.29, 1.82) is 0 Å². The van der Waals surface area contributed by atoms with Crippen molar-refractivity contribution in [2.45, 2.75) is 30.5 Å². The summed E-state index contributed by atoms with van der Waals surface area (Å²) in [5.41, 5.74) is 4.29. The van der Waals surface area contributed by atoms with Crippen molar-refractivity contribution in [2.75, 3.05) is 7.11 Å². The van der Waals surface area contributed by atoms with Crippen molar-refractivity contribution in [3.63, 3.8) is 0 Å². The Morgan fingerprint density at radius 3 is 2.46 bits per heavy atom. The monoisotopic (exact) mass is 389 g/mol. The summed E-state index contributed by atoms with van der Waals surface area (Å²) >= 11 is 1.81. The van der Waals surface area contributed by atoms with E-state index in [1.807, 2.05) is 30.0 Å². The molecule has 4 rings (SSSR count). The third-order valence-electron chi connectivity index (χ3n) is 4.87. The maximum Gasteiger partial charge on any atom is 0.149 e. The van der Waals surface area contributed by atoms with Crippen molar-refractivity contribution in [2.24, 2.45) is 0 Å². The average molecular weight is 390 g/mol. The van der Waals surface area contributed by atoms with Gasteiger partial charge in [-0.05, 0) is 36.2 Å². The van der Waals surface area contributed by atoms with Crippen molar-refractivity contribution in [3.05, 3.63) is 67.1 Å². The lowest BCUT2D eigenvalue weighted by Gasteiger charge is -2.10. The Balaban J connectivity index is 1.95. The lowest BCUT2D eigenvalue weighted by atomic mass is 10.1. The molecule has 142 valence electrons. The molecular formula is C23H23N3OS. The number of benzene rings is 2. The van der Waals surface area contributed by atoms with Gasteiger partial charge in [0.15, 0.2) is 0 Å². The molecule has 0 saturated carbocycles. The normalized spacial score (nSPS) is 12.2. The summed E-state index contributed by atoms with van der Waals surface area (Å²) < 4.78 is 7.44. The molecule has 2 aromatic carbocycles. The number of rotatable bonds is 6. The lowest BCUT2D eigenvalue weighted by molar-refractivity contribution is 0.415. The van der Waals surface area contributed by atoms with Gasteiger partial charge in [-0.3, -0.25) is 0 Å². The fourth-order valence-electron chi connectivity index (χ4n) is 3.17. The molecule has 0 aliphatic carbocycles. The van der Waals surface area contributed by atoms with Crippen LogP contribution in [0, 0.1) is 0 Å². The topological polar surface area (TPSA) is 39.9 Å². The molecule has 4 aromatic rings. The molecule has 0 aliphatic rings. The largest absolute Gasteiger partial charge is 0.497 e. The van der Waals surface area contributed by atoms with Crippen LogP contribution in [-0.4, -0.2) is 26.9 Å². The second-order valence-corrected chi connectivity index (χ2v) is 8.12. The van der Waals surface area contributed by atoms with Crippen LogP contribution in [0.1, 0.15) is 20.3 Å². The molecule has 2 aromatic heterocycles. The Labute approximate surface area is 169 Å². The zero-order valence-electron chi connectivity index (χ0n) is 16.3. The van der Waals surface area contributed by atoms with E-state index in [0.29, 0.717) is 5.25 Å². The Morgan fingerprint density at radius 1 is 1.04 bits per heavy atom. The highest BCUT2D eigenvalue weighted by molar-refractivity contribution is 8.00. The van der Waals surface area contributed by atoms with Gasteiger partial charge in [-0.15, -0.1) is 11.8 Å². The number of fused-ring (bicyclic) bond motifs is 1. The van der Waals surface area contributed by atoms with Crippen molar-refractivity contribution < 1.29 is 4.74 Å². The number of nitrogens with zero attached hydrogens (tertiary/aromatic N) is 3. The van der Waals surface area contributed by atoms with Crippen LogP contribution in [0.25, 0.3) is 27.8 Å². The maximum atomic E-state index is 5.30. The summed E-state index contributed by atoms with van der Waals surface area (Å²) in [6.07, 6.45) is 4.93. The second kappa shape index (κ2) is 8.07. The van der Waals surface area contributed by atoms with Crippen LogP contribution < -0.4 is 4.74 Å². The first-order chi connectivity index (χ1) is 13.7. The van der Waals surface area contributed by atoms with Crippen molar-refractivity contribution in [3.8, 4) is 22.6 Å². The zero-order chi connectivity index (χ0) is 19.5. The van der Waals surface area contributed by atoms with Crippen LogP contribution in [0.5, 0.6) is 5.75 Å². The fraction of sp³-hybridized carbons (Fsp3) is 0.217. The van der Waals surface area contributed by atoms with Crippen molar-refractivity contribution in [1.82, 2.24) is 14.5 Å².